The van der Waals surface area contributed by atoms with Gasteiger partial charge in [0.25, 0.3) is 0 Å². The van der Waals surface area contributed by atoms with Crippen molar-refractivity contribution in [2.45, 2.75) is 13.3 Å². The Labute approximate surface area is 71.5 Å². The first-order valence-electron chi connectivity index (χ1n) is 4.07. The van der Waals surface area contributed by atoms with Crippen LogP contribution in [-0.2, 0) is 6.42 Å². The number of benzene rings is 1. The molecule has 0 spiro atoms. The number of rotatable bonds is 1. The van der Waals surface area contributed by atoms with E-state index in [1.54, 1.807) is 6.21 Å². The Kier molecular flexibility index (Phi) is 1.54. The predicted octanol–water partition coefficient (Wildman–Crippen LogP) is 2.01. The SMILES string of the molecule is CCc1ccc2c(c1)C(=N)N=C2. The lowest BCUT2D eigenvalue weighted by molar-refractivity contribution is 1.14. The first-order chi connectivity index (χ1) is 5.81. The van der Waals surface area contributed by atoms with Gasteiger partial charge in [0.05, 0.1) is 0 Å². The predicted molar refractivity (Wildman–Crippen MR) is 50.2 cm³/mol. The van der Waals surface area contributed by atoms with Gasteiger partial charge >= 0.3 is 0 Å². The minimum absolute atomic E-state index is 0.389. The van der Waals surface area contributed by atoms with Crippen molar-refractivity contribution in [3.63, 3.8) is 0 Å². The third-order valence-corrected chi connectivity index (χ3v) is 2.11. The second-order valence-corrected chi connectivity index (χ2v) is 2.88. The smallest absolute Gasteiger partial charge is 0.152 e. The third-order valence-electron chi connectivity index (χ3n) is 2.11. The maximum absolute atomic E-state index is 7.50. The Balaban J connectivity index is 2.55. The van der Waals surface area contributed by atoms with Crippen molar-refractivity contribution in [1.82, 2.24) is 0 Å². The molecule has 0 saturated heterocycles. The molecule has 1 N–H and O–H groups in total. The molecule has 0 atom stereocenters. The highest BCUT2D eigenvalue weighted by atomic mass is 14.8. The quantitative estimate of drug-likeness (QED) is 0.649. The van der Waals surface area contributed by atoms with E-state index in [9.17, 15) is 0 Å². The first kappa shape index (κ1) is 7.22. The topological polar surface area (TPSA) is 36.2 Å². The average molecular weight is 158 g/mol. The lowest BCUT2D eigenvalue weighted by Crippen LogP contribution is -1.93. The van der Waals surface area contributed by atoms with Gasteiger partial charge in [-0.2, -0.15) is 0 Å². The highest BCUT2D eigenvalue weighted by molar-refractivity contribution is 6.14. The Bertz CT molecular complexity index is 364. The molecule has 0 bridgehead atoms. The summed E-state index contributed by atoms with van der Waals surface area (Å²) in [5.41, 5.74) is 3.30. The van der Waals surface area contributed by atoms with Gasteiger partial charge < -0.3 is 0 Å². The molecule has 0 radical (unpaired) electrons. The van der Waals surface area contributed by atoms with Crippen LogP contribution in [-0.4, -0.2) is 12.1 Å². The normalized spacial score (nSPS) is 13.6. The van der Waals surface area contributed by atoms with Crippen molar-refractivity contribution in [1.29, 1.82) is 5.41 Å². The van der Waals surface area contributed by atoms with E-state index in [1.807, 2.05) is 12.1 Å². The molecular weight excluding hydrogens is 148 g/mol. The van der Waals surface area contributed by atoms with Crippen molar-refractivity contribution < 1.29 is 0 Å². The largest absolute Gasteiger partial charge is 0.282 e. The van der Waals surface area contributed by atoms with Gasteiger partial charge in [-0.25, -0.2) is 4.99 Å². The summed E-state index contributed by atoms with van der Waals surface area (Å²) in [7, 11) is 0. The summed E-state index contributed by atoms with van der Waals surface area (Å²) in [6.07, 6.45) is 2.76. The summed E-state index contributed by atoms with van der Waals surface area (Å²) in [6, 6.07) is 6.16. The number of hydrogen-bond acceptors (Lipinski definition) is 1. The molecule has 1 aliphatic heterocycles. The van der Waals surface area contributed by atoms with Crippen LogP contribution in [0.15, 0.2) is 23.2 Å². The van der Waals surface area contributed by atoms with Crippen LogP contribution in [0, 0.1) is 5.41 Å². The van der Waals surface area contributed by atoms with Gasteiger partial charge in [0.2, 0.25) is 0 Å². The summed E-state index contributed by atoms with van der Waals surface area (Å²) >= 11 is 0. The second kappa shape index (κ2) is 2.55. The van der Waals surface area contributed by atoms with Crippen molar-refractivity contribution >= 4 is 12.1 Å². The van der Waals surface area contributed by atoms with Crippen LogP contribution in [0.2, 0.25) is 0 Å². The fourth-order valence-electron chi connectivity index (χ4n) is 1.34. The van der Waals surface area contributed by atoms with E-state index in [0.717, 1.165) is 17.5 Å². The molecule has 12 heavy (non-hydrogen) atoms. The van der Waals surface area contributed by atoms with Crippen molar-refractivity contribution in [3.8, 4) is 0 Å². The van der Waals surface area contributed by atoms with Gasteiger partial charge in [-0.15, -0.1) is 0 Å². The summed E-state index contributed by atoms with van der Waals surface area (Å²) in [6.45, 7) is 2.11. The maximum Gasteiger partial charge on any atom is 0.152 e. The zero-order valence-electron chi connectivity index (χ0n) is 6.96. The Hall–Kier alpha value is -1.44. The fourth-order valence-corrected chi connectivity index (χ4v) is 1.34. The van der Waals surface area contributed by atoms with Gasteiger partial charge in [0.1, 0.15) is 0 Å². The molecule has 1 heterocycles. The molecule has 1 aromatic rings. The minimum atomic E-state index is 0.389. The molecule has 0 unspecified atom stereocenters. The summed E-state index contributed by atoms with van der Waals surface area (Å²) < 4.78 is 0. The summed E-state index contributed by atoms with van der Waals surface area (Å²) in [5.74, 6) is 0.389. The van der Waals surface area contributed by atoms with Crippen molar-refractivity contribution in [3.05, 3.63) is 34.9 Å². The number of hydrogen-bond donors (Lipinski definition) is 1. The van der Waals surface area contributed by atoms with Gasteiger partial charge in [0, 0.05) is 17.3 Å². The van der Waals surface area contributed by atoms with Gasteiger partial charge in [0.15, 0.2) is 5.84 Å². The molecule has 0 amide bonds. The van der Waals surface area contributed by atoms with Gasteiger partial charge in [-0.3, -0.25) is 5.41 Å². The third kappa shape index (κ3) is 0.961. The lowest BCUT2D eigenvalue weighted by atomic mass is 10.0. The van der Waals surface area contributed by atoms with E-state index in [2.05, 4.69) is 18.0 Å². The second-order valence-electron chi connectivity index (χ2n) is 2.88. The fraction of sp³-hybridized carbons (Fsp3) is 0.200. The average Bonchev–Trinajstić information content (AvgIpc) is 2.47. The minimum Gasteiger partial charge on any atom is -0.282 e. The number of nitrogens with zero attached hydrogens (tertiary/aromatic N) is 1. The monoisotopic (exact) mass is 158 g/mol. The number of nitrogens with one attached hydrogen (secondary N) is 1. The molecular formula is C10H10N2. The number of aliphatic imine (C=N–C) groups is 1. The molecule has 0 saturated carbocycles. The van der Waals surface area contributed by atoms with E-state index in [1.165, 1.54) is 5.56 Å². The zero-order valence-corrected chi connectivity index (χ0v) is 6.96. The molecule has 1 aliphatic rings. The van der Waals surface area contributed by atoms with E-state index in [4.69, 9.17) is 5.41 Å². The van der Waals surface area contributed by atoms with Crippen molar-refractivity contribution in [2.75, 3.05) is 0 Å². The van der Waals surface area contributed by atoms with E-state index >= 15 is 0 Å². The van der Waals surface area contributed by atoms with Crippen LogP contribution in [0.3, 0.4) is 0 Å². The Morgan fingerprint density at radius 2 is 2.25 bits per heavy atom. The van der Waals surface area contributed by atoms with Crippen LogP contribution in [0.25, 0.3) is 0 Å². The number of aryl methyl sites for hydroxylation is 1. The Morgan fingerprint density at radius 3 is 3.00 bits per heavy atom. The number of amidine groups is 1. The highest BCUT2D eigenvalue weighted by Gasteiger charge is 2.11. The molecule has 2 nitrogen and oxygen atoms in total. The van der Waals surface area contributed by atoms with Crippen LogP contribution in [0.4, 0.5) is 0 Å². The zero-order chi connectivity index (χ0) is 8.55. The molecule has 60 valence electrons. The molecule has 2 heteroatoms. The molecule has 0 aromatic heterocycles. The number of fused-ring (bicyclic) bond motifs is 1. The van der Waals surface area contributed by atoms with E-state index in [0.29, 0.717) is 5.84 Å². The maximum atomic E-state index is 7.50. The lowest BCUT2D eigenvalue weighted by Gasteiger charge is -2.00. The Morgan fingerprint density at radius 1 is 1.42 bits per heavy atom. The molecule has 1 aromatic carbocycles. The standard InChI is InChI=1S/C10H10N2/c1-2-7-3-4-8-6-12-10(11)9(8)5-7/h3-6,11H,2H2,1H3. The molecule has 2 rings (SSSR count). The van der Waals surface area contributed by atoms with Crippen LogP contribution < -0.4 is 0 Å². The van der Waals surface area contributed by atoms with Crippen LogP contribution in [0.1, 0.15) is 23.6 Å². The van der Waals surface area contributed by atoms with E-state index in [-0.39, 0.29) is 0 Å². The molecule has 0 aliphatic carbocycles. The first-order valence-corrected chi connectivity index (χ1v) is 4.07. The molecule has 0 fully saturated rings. The summed E-state index contributed by atoms with van der Waals surface area (Å²) in [4.78, 5) is 3.94. The van der Waals surface area contributed by atoms with Crippen LogP contribution >= 0.6 is 0 Å². The van der Waals surface area contributed by atoms with Gasteiger partial charge in [-0.1, -0.05) is 19.1 Å². The van der Waals surface area contributed by atoms with Crippen molar-refractivity contribution in [2.24, 2.45) is 4.99 Å². The summed E-state index contributed by atoms with van der Waals surface area (Å²) in [5, 5.41) is 7.50. The van der Waals surface area contributed by atoms with Crippen LogP contribution in [0.5, 0.6) is 0 Å². The van der Waals surface area contributed by atoms with E-state index < -0.39 is 0 Å². The van der Waals surface area contributed by atoms with Gasteiger partial charge in [-0.05, 0) is 18.1 Å². The highest BCUT2D eigenvalue weighted by Crippen LogP contribution is 2.16.